The Morgan fingerprint density at radius 2 is 0.870 bits per heavy atom. The summed E-state index contributed by atoms with van der Waals surface area (Å²) in [7, 11) is 0. The molecule has 0 aromatic carbocycles. The van der Waals surface area contributed by atoms with Gasteiger partial charge in [0.25, 0.3) is 0 Å². The molecule has 0 bridgehead atoms. The average Bonchev–Trinajstić information content (AvgIpc) is 3.17. The predicted molar refractivity (Wildman–Crippen MR) is 215 cm³/mol. The van der Waals surface area contributed by atoms with Gasteiger partial charge in [0.15, 0.2) is 12.4 Å². The van der Waals surface area contributed by atoms with Gasteiger partial charge in [-0.2, -0.15) is 0 Å². The molecule has 10 heteroatoms. The molecule has 0 aromatic heterocycles. The van der Waals surface area contributed by atoms with E-state index in [0.29, 0.717) is 6.42 Å². The molecule has 0 radical (unpaired) electrons. The summed E-state index contributed by atoms with van der Waals surface area (Å²) in [5.41, 5.74) is 0. The SMILES string of the molecule is CCCCCCCCCCCCCCCCCCCCCCC(=O)OC(COC(=O)CCCCCCCCCCC)COC1OC(CO)C(O)C(O)C1O. The summed E-state index contributed by atoms with van der Waals surface area (Å²) in [5, 5.41) is 40.0. The fraction of sp³-hybridized carbons (Fsp3) is 0.955. The first-order valence-corrected chi connectivity index (χ1v) is 22.6. The van der Waals surface area contributed by atoms with Gasteiger partial charge >= 0.3 is 11.9 Å². The van der Waals surface area contributed by atoms with Gasteiger partial charge in [0, 0.05) is 12.8 Å². The van der Waals surface area contributed by atoms with E-state index in [9.17, 15) is 30.0 Å². The van der Waals surface area contributed by atoms with Crippen LogP contribution in [0.4, 0.5) is 0 Å². The Balaban J connectivity index is 2.25. The Morgan fingerprint density at radius 1 is 0.500 bits per heavy atom. The molecule has 1 aliphatic rings. The Hall–Kier alpha value is -1.30. The minimum absolute atomic E-state index is 0.210. The van der Waals surface area contributed by atoms with E-state index in [4.69, 9.17) is 18.9 Å². The second kappa shape index (κ2) is 36.1. The maximum Gasteiger partial charge on any atom is 0.306 e. The van der Waals surface area contributed by atoms with E-state index in [-0.39, 0.29) is 32.0 Å². The third kappa shape index (κ3) is 27.3. The van der Waals surface area contributed by atoms with Crippen LogP contribution in [0.15, 0.2) is 0 Å². The zero-order chi connectivity index (χ0) is 39.5. The van der Waals surface area contributed by atoms with E-state index in [1.807, 2.05) is 0 Å². The standard InChI is InChI=1S/C44H84O10/c1-3-5-7-9-11-13-14-15-16-17-18-19-20-21-22-23-25-27-29-31-33-40(47)53-37(36-52-44-43(50)42(49)41(48)38(34-45)54-44)35-51-39(46)32-30-28-26-24-12-10-8-6-4-2/h37-38,41-45,48-50H,3-36H2,1-2H3. The molecule has 10 nitrogen and oxygen atoms in total. The third-order valence-electron chi connectivity index (χ3n) is 10.7. The van der Waals surface area contributed by atoms with Gasteiger partial charge in [-0.05, 0) is 12.8 Å². The van der Waals surface area contributed by atoms with Crippen LogP contribution in [0, 0.1) is 0 Å². The molecular formula is C44H84O10. The van der Waals surface area contributed by atoms with Crippen molar-refractivity contribution in [3.63, 3.8) is 0 Å². The number of ether oxygens (including phenoxy) is 4. The Morgan fingerprint density at radius 3 is 1.26 bits per heavy atom. The predicted octanol–water partition coefficient (Wildman–Crippen LogP) is 9.39. The molecule has 1 aliphatic heterocycles. The molecule has 1 rings (SSSR count). The third-order valence-corrected chi connectivity index (χ3v) is 10.7. The topological polar surface area (TPSA) is 152 Å². The van der Waals surface area contributed by atoms with Gasteiger partial charge in [-0.3, -0.25) is 9.59 Å². The van der Waals surface area contributed by atoms with E-state index in [0.717, 1.165) is 38.5 Å². The minimum atomic E-state index is -1.59. The van der Waals surface area contributed by atoms with E-state index in [1.165, 1.54) is 141 Å². The van der Waals surface area contributed by atoms with Crippen LogP contribution in [0.25, 0.3) is 0 Å². The lowest BCUT2D eigenvalue weighted by Crippen LogP contribution is -2.59. The first-order valence-electron chi connectivity index (χ1n) is 22.6. The average molecular weight is 773 g/mol. The number of carbonyl (C=O) groups excluding carboxylic acids is 2. The van der Waals surface area contributed by atoms with Crippen molar-refractivity contribution in [1.29, 1.82) is 0 Å². The molecule has 1 saturated heterocycles. The lowest BCUT2D eigenvalue weighted by Gasteiger charge is -2.39. The van der Waals surface area contributed by atoms with Crippen LogP contribution in [0.1, 0.15) is 213 Å². The summed E-state index contributed by atoms with van der Waals surface area (Å²) in [4.78, 5) is 25.2. The summed E-state index contributed by atoms with van der Waals surface area (Å²) in [5.74, 6) is -0.796. The molecule has 1 fully saturated rings. The molecule has 320 valence electrons. The zero-order valence-corrected chi connectivity index (χ0v) is 34.7. The zero-order valence-electron chi connectivity index (χ0n) is 34.7. The monoisotopic (exact) mass is 773 g/mol. The van der Waals surface area contributed by atoms with Crippen molar-refractivity contribution >= 4 is 11.9 Å². The van der Waals surface area contributed by atoms with Gasteiger partial charge in [0.1, 0.15) is 31.0 Å². The van der Waals surface area contributed by atoms with Crippen LogP contribution >= 0.6 is 0 Å². The highest BCUT2D eigenvalue weighted by Gasteiger charge is 2.44. The number of esters is 2. The summed E-state index contributed by atoms with van der Waals surface area (Å²) >= 11 is 0. The lowest BCUT2D eigenvalue weighted by atomic mass is 9.99. The number of rotatable bonds is 38. The maximum absolute atomic E-state index is 12.7. The van der Waals surface area contributed by atoms with E-state index >= 15 is 0 Å². The van der Waals surface area contributed by atoms with Gasteiger partial charge < -0.3 is 39.4 Å². The molecule has 54 heavy (non-hydrogen) atoms. The normalized spacial score (nSPS) is 20.6. The number of hydrogen-bond acceptors (Lipinski definition) is 10. The van der Waals surface area contributed by atoms with E-state index < -0.39 is 49.4 Å². The molecule has 0 aromatic rings. The number of aliphatic hydroxyl groups excluding tert-OH is 4. The number of carbonyl (C=O) groups is 2. The van der Waals surface area contributed by atoms with Crippen molar-refractivity contribution < 1.29 is 49.0 Å². The minimum Gasteiger partial charge on any atom is -0.462 e. The maximum atomic E-state index is 12.7. The van der Waals surface area contributed by atoms with Crippen molar-refractivity contribution in [2.24, 2.45) is 0 Å². The summed E-state index contributed by atoms with van der Waals surface area (Å²) in [6, 6.07) is 0. The van der Waals surface area contributed by atoms with Gasteiger partial charge in [-0.25, -0.2) is 0 Å². The van der Waals surface area contributed by atoms with Gasteiger partial charge in [-0.1, -0.05) is 187 Å². The highest BCUT2D eigenvalue weighted by atomic mass is 16.7. The van der Waals surface area contributed by atoms with Crippen LogP contribution in [-0.2, 0) is 28.5 Å². The van der Waals surface area contributed by atoms with Gasteiger partial charge in [-0.15, -0.1) is 0 Å². The summed E-state index contributed by atoms with van der Waals surface area (Å²) in [6.45, 7) is 3.43. The Kier molecular flexibility index (Phi) is 33.9. The van der Waals surface area contributed by atoms with Crippen LogP contribution in [0.2, 0.25) is 0 Å². The first kappa shape index (κ1) is 50.7. The van der Waals surface area contributed by atoms with Crippen molar-refractivity contribution in [3.05, 3.63) is 0 Å². The van der Waals surface area contributed by atoms with Crippen LogP contribution in [-0.4, -0.2) is 89.0 Å². The van der Waals surface area contributed by atoms with Crippen LogP contribution < -0.4 is 0 Å². The largest absolute Gasteiger partial charge is 0.462 e. The van der Waals surface area contributed by atoms with E-state index in [1.54, 1.807) is 0 Å². The van der Waals surface area contributed by atoms with E-state index in [2.05, 4.69) is 13.8 Å². The number of aliphatic hydroxyl groups is 4. The first-order chi connectivity index (χ1) is 26.3. The molecule has 6 atom stereocenters. The molecule has 0 amide bonds. The van der Waals surface area contributed by atoms with Crippen molar-refractivity contribution in [3.8, 4) is 0 Å². The second-order valence-corrected chi connectivity index (χ2v) is 15.9. The number of unbranched alkanes of at least 4 members (excludes halogenated alkanes) is 27. The van der Waals surface area contributed by atoms with Crippen molar-refractivity contribution in [2.45, 2.75) is 250 Å². The van der Waals surface area contributed by atoms with Crippen molar-refractivity contribution in [2.75, 3.05) is 19.8 Å². The molecule has 4 N–H and O–H groups in total. The fourth-order valence-corrected chi connectivity index (χ4v) is 7.13. The second-order valence-electron chi connectivity index (χ2n) is 15.9. The van der Waals surface area contributed by atoms with Crippen LogP contribution in [0.3, 0.4) is 0 Å². The smallest absolute Gasteiger partial charge is 0.306 e. The van der Waals surface area contributed by atoms with Gasteiger partial charge in [0.2, 0.25) is 0 Å². The fourth-order valence-electron chi connectivity index (χ4n) is 7.13. The molecule has 0 spiro atoms. The van der Waals surface area contributed by atoms with Crippen molar-refractivity contribution in [1.82, 2.24) is 0 Å². The number of hydrogen-bond donors (Lipinski definition) is 4. The molecule has 1 heterocycles. The highest BCUT2D eigenvalue weighted by molar-refractivity contribution is 5.70. The molecule has 0 aliphatic carbocycles. The highest BCUT2D eigenvalue weighted by Crippen LogP contribution is 2.23. The summed E-state index contributed by atoms with van der Waals surface area (Å²) in [6.07, 6.45) is 28.4. The molecule has 6 unspecified atom stereocenters. The quantitative estimate of drug-likeness (QED) is 0.0353. The molecule has 0 saturated carbocycles. The Labute approximate surface area is 329 Å². The summed E-state index contributed by atoms with van der Waals surface area (Å²) < 4.78 is 22.1. The molecular weight excluding hydrogens is 688 g/mol. The van der Waals surface area contributed by atoms with Crippen LogP contribution in [0.5, 0.6) is 0 Å². The Bertz CT molecular complexity index is 855. The lowest BCUT2D eigenvalue weighted by molar-refractivity contribution is -0.305. The van der Waals surface area contributed by atoms with Gasteiger partial charge in [0.05, 0.1) is 13.2 Å².